The molecule has 1 aliphatic heterocycles. The number of fused-ring (bicyclic) bond motifs is 4. The molecular weight excluding hydrogens is 368 g/mol. The Morgan fingerprint density at radius 3 is 2.63 bits per heavy atom. The van der Waals surface area contributed by atoms with Crippen molar-refractivity contribution in [1.82, 2.24) is 3.96 Å². The largest absolute Gasteiger partial charge is 0.375 e. The topological polar surface area (TPSA) is 17.0 Å². The van der Waals surface area contributed by atoms with Crippen LogP contribution in [0.1, 0.15) is 24.3 Å². The summed E-state index contributed by atoms with van der Waals surface area (Å²) in [6.45, 7) is 6.59. The predicted molar refractivity (Wildman–Crippen MR) is 119 cm³/mol. The van der Waals surface area contributed by atoms with Gasteiger partial charge in [-0.05, 0) is 44.4 Å². The van der Waals surface area contributed by atoms with Gasteiger partial charge in [0.05, 0.1) is 16.1 Å². The number of aromatic nitrogens is 1. The molecule has 5 rings (SSSR count). The second kappa shape index (κ2) is 5.78. The fourth-order valence-corrected chi connectivity index (χ4v) is 5.63. The van der Waals surface area contributed by atoms with E-state index in [1.165, 1.54) is 32.3 Å². The number of nitrogens with one attached hydrogen (secondary N) is 1. The van der Waals surface area contributed by atoms with Crippen molar-refractivity contribution in [1.29, 1.82) is 0 Å². The van der Waals surface area contributed by atoms with Crippen molar-refractivity contribution in [3.05, 3.63) is 75.7 Å². The Labute approximate surface area is 168 Å². The van der Waals surface area contributed by atoms with Crippen LogP contribution in [-0.4, -0.2) is 3.96 Å². The van der Waals surface area contributed by atoms with Crippen LogP contribution in [0.5, 0.6) is 0 Å². The van der Waals surface area contributed by atoms with Crippen LogP contribution < -0.4 is 5.32 Å². The molecule has 1 N–H and O–H groups in total. The van der Waals surface area contributed by atoms with E-state index in [0.717, 1.165) is 16.0 Å². The molecule has 2 heterocycles. The number of hydrogen-bond donors (Lipinski definition) is 1. The minimum Gasteiger partial charge on any atom is -0.375 e. The Hall–Kier alpha value is -2.43. The van der Waals surface area contributed by atoms with E-state index in [-0.39, 0.29) is 5.54 Å². The number of anilines is 1. The first kappa shape index (κ1) is 16.7. The molecule has 4 heteroatoms. The molecule has 0 atom stereocenters. The highest BCUT2D eigenvalue weighted by molar-refractivity contribution is 7.71. The lowest BCUT2D eigenvalue weighted by atomic mass is 9.89. The summed E-state index contributed by atoms with van der Waals surface area (Å²) in [5.74, 6) is 0. The van der Waals surface area contributed by atoms with Crippen molar-refractivity contribution in [3.8, 4) is 16.8 Å². The molecule has 4 aromatic rings. The van der Waals surface area contributed by atoms with Gasteiger partial charge in [0.1, 0.15) is 4.64 Å². The Bertz CT molecular complexity index is 1260. The molecule has 2 nitrogen and oxygen atoms in total. The maximum absolute atomic E-state index is 6.02. The molecule has 1 aromatic heterocycles. The minimum atomic E-state index is -0.161. The predicted octanol–water partition coefficient (Wildman–Crippen LogP) is 7.06. The van der Waals surface area contributed by atoms with E-state index >= 15 is 0 Å². The van der Waals surface area contributed by atoms with E-state index in [4.69, 9.17) is 12.2 Å². The quantitative estimate of drug-likeness (QED) is 0.352. The van der Waals surface area contributed by atoms with E-state index in [2.05, 4.69) is 90.7 Å². The summed E-state index contributed by atoms with van der Waals surface area (Å²) in [7, 11) is 0. The van der Waals surface area contributed by atoms with Gasteiger partial charge in [-0.25, -0.2) is 0 Å². The van der Waals surface area contributed by atoms with Crippen molar-refractivity contribution in [3.63, 3.8) is 0 Å². The molecule has 3 aromatic carbocycles. The standard InChI is InChI=1S/C23H20N2S2/c1-14-11-12-18-17(13-14)20-21(23(2,3)24-18)27-25(22(20)26)19-10-6-8-15-7-4-5-9-16(15)19/h4-13,24H,1-3H3. The fraction of sp³-hybridized carbons (Fsp3) is 0.174. The van der Waals surface area contributed by atoms with E-state index in [1.807, 2.05) is 0 Å². The zero-order chi connectivity index (χ0) is 18.8. The average molecular weight is 389 g/mol. The van der Waals surface area contributed by atoms with Gasteiger partial charge in [0, 0.05) is 22.2 Å². The first-order valence-corrected chi connectivity index (χ1v) is 10.3. The van der Waals surface area contributed by atoms with E-state index in [0.29, 0.717) is 0 Å². The Balaban J connectivity index is 1.85. The Kier molecular flexibility index (Phi) is 3.58. The van der Waals surface area contributed by atoms with Crippen molar-refractivity contribution in [2.24, 2.45) is 0 Å². The highest BCUT2D eigenvalue weighted by atomic mass is 32.1. The zero-order valence-electron chi connectivity index (χ0n) is 15.5. The third-order valence-electron chi connectivity index (χ3n) is 5.25. The maximum atomic E-state index is 6.02. The van der Waals surface area contributed by atoms with E-state index in [1.54, 1.807) is 11.5 Å². The third kappa shape index (κ3) is 2.47. The van der Waals surface area contributed by atoms with Gasteiger partial charge in [-0.15, -0.1) is 0 Å². The summed E-state index contributed by atoms with van der Waals surface area (Å²) < 4.78 is 3.12. The highest BCUT2D eigenvalue weighted by Crippen LogP contribution is 2.48. The second-order valence-electron chi connectivity index (χ2n) is 7.69. The van der Waals surface area contributed by atoms with Crippen LogP contribution in [0.3, 0.4) is 0 Å². The van der Waals surface area contributed by atoms with Crippen LogP contribution in [-0.2, 0) is 5.54 Å². The van der Waals surface area contributed by atoms with Crippen LogP contribution in [0, 0.1) is 11.6 Å². The molecule has 0 bridgehead atoms. The zero-order valence-corrected chi connectivity index (χ0v) is 17.2. The molecule has 1 aliphatic rings. The van der Waals surface area contributed by atoms with Gasteiger partial charge in [-0.1, -0.05) is 71.8 Å². The summed E-state index contributed by atoms with van der Waals surface area (Å²) in [5.41, 5.74) is 5.81. The third-order valence-corrected chi connectivity index (χ3v) is 7.21. The van der Waals surface area contributed by atoms with Gasteiger partial charge in [-0.3, -0.25) is 3.96 Å². The number of nitrogens with zero attached hydrogens (tertiary/aromatic N) is 1. The number of benzene rings is 3. The first-order chi connectivity index (χ1) is 13.0. The number of hydrogen-bond acceptors (Lipinski definition) is 3. The smallest absolute Gasteiger partial charge is 0.129 e. The van der Waals surface area contributed by atoms with Crippen molar-refractivity contribution in [2.75, 3.05) is 5.32 Å². The summed E-state index contributed by atoms with van der Waals surface area (Å²) in [4.78, 5) is 1.29. The fourth-order valence-electron chi connectivity index (χ4n) is 3.95. The van der Waals surface area contributed by atoms with Gasteiger partial charge in [0.2, 0.25) is 0 Å². The number of rotatable bonds is 1. The lowest BCUT2D eigenvalue weighted by Gasteiger charge is -2.33. The lowest BCUT2D eigenvalue weighted by molar-refractivity contribution is 0.620. The molecule has 0 amide bonds. The van der Waals surface area contributed by atoms with Crippen LogP contribution in [0.2, 0.25) is 0 Å². The van der Waals surface area contributed by atoms with Crippen molar-refractivity contribution < 1.29 is 0 Å². The molecule has 0 saturated carbocycles. The van der Waals surface area contributed by atoms with Gasteiger partial charge < -0.3 is 5.32 Å². The van der Waals surface area contributed by atoms with Gasteiger partial charge in [0.15, 0.2) is 0 Å². The molecule has 0 saturated heterocycles. The van der Waals surface area contributed by atoms with E-state index < -0.39 is 0 Å². The summed E-state index contributed by atoms with van der Waals surface area (Å²) in [6, 6.07) is 21.5. The minimum absolute atomic E-state index is 0.161. The van der Waals surface area contributed by atoms with Crippen molar-refractivity contribution in [2.45, 2.75) is 26.3 Å². The Morgan fingerprint density at radius 2 is 1.78 bits per heavy atom. The van der Waals surface area contributed by atoms with Gasteiger partial charge in [-0.2, -0.15) is 0 Å². The summed E-state index contributed by atoms with van der Waals surface area (Å²) in [6.07, 6.45) is 0. The van der Waals surface area contributed by atoms with Crippen molar-refractivity contribution >= 4 is 40.2 Å². The maximum Gasteiger partial charge on any atom is 0.129 e. The van der Waals surface area contributed by atoms with E-state index in [9.17, 15) is 0 Å². The first-order valence-electron chi connectivity index (χ1n) is 9.10. The van der Waals surface area contributed by atoms with Gasteiger partial charge >= 0.3 is 0 Å². The molecule has 0 spiro atoms. The molecule has 27 heavy (non-hydrogen) atoms. The van der Waals surface area contributed by atoms with Crippen LogP contribution in [0.15, 0.2) is 60.7 Å². The van der Waals surface area contributed by atoms with Crippen LogP contribution >= 0.6 is 23.8 Å². The van der Waals surface area contributed by atoms with Gasteiger partial charge in [0.25, 0.3) is 0 Å². The second-order valence-corrected chi connectivity index (χ2v) is 9.03. The molecule has 0 aliphatic carbocycles. The SMILES string of the molecule is Cc1ccc2c(c1)-c1c(sn(-c3cccc4ccccc34)c1=S)C(C)(C)N2. The Morgan fingerprint density at radius 1 is 1.00 bits per heavy atom. The average Bonchev–Trinajstić information content (AvgIpc) is 3.00. The molecule has 0 fully saturated rings. The normalized spacial score (nSPS) is 14.5. The summed E-state index contributed by atoms with van der Waals surface area (Å²) in [5, 5.41) is 6.16. The molecule has 134 valence electrons. The molecular formula is C23H20N2S2. The van der Waals surface area contributed by atoms with Crippen LogP contribution in [0.4, 0.5) is 5.69 Å². The lowest BCUT2D eigenvalue weighted by Crippen LogP contribution is -2.30. The summed E-state index contributed by atoms with van der Waals surface area (Å²) >= 11 is 7.78. The highest BCUT2D eigenvalue weighted by Gasteiger charge is 2.34. The number of aryl methyl sites for hydroxylation is 1. The van der Waals surface area contributed by atoms with Crippen LogP contribution in [0.25, 0.3) is 27.6 Å². The molecule has 0 unspecified atom stereocenters. The molecule has 0 radical (unpaired) electrons. The monoisotopic (exact) mass is 388 g/mol.